The molecule has 2 N–H and O–H groups in total. The molecule has 1 amide bonds. The third-order valence-electron chi connectivity index (χ3n) is 2.30. The molecule has 2 atom stereocenters. The third-order valence-corrected chi connectivity index (χ3v) is 2.30. The van der Waals surface area contributed by atoms with Crippen LogP contribution >= 0.6 is 0 Å². The van der Waals surface area contributed by atoms with Crippen molar-refractivity contribution in [3.63, 3.8) is 0 Å². The van der Waals surface area contributed by atoms with Gasteiger partial charge in [-0.2, -0.15) is 0 Å². The zero-order valence-electron chi connectivity index (χ0n) is 8.16. The predicted molar refractivity (Wildman–Crippen MR) is 48.8 cm³/mol. The molecule has 0 spiro atoms. The van der Waals surface area contributed by atoms with Gasteiger partial charge in [0.05, 0.1) is 12.0 Å². The summed E-state index contributed by atoms with van der Waals surface area (Å²) < 4.78 is 5.33. The summed E-state index contributed by atoms with van der Waals surface area (Å²) in [5, 5.41) is 11.4. The Hall–Kier alpha value is -1.10. The maximum absolute atomic E-state index is 10.7. The topological polar surface area (TPSA) is 75.6 Å². The first-order chi connectivity index (χ1) is 6.59. The molecule has 0 bridgehead atoms. The lowest BCUT2D eigenvalue weighted by atomic mass is 9.96. The van der Waals surface area contributed by atoms with Crippen LogP contribution in [0.4, 0.5) is 0 Å². The van der Waals surface area contributed by atoms with E-state index < -0.39 is 5.97 Å². The molecule has 14 heavy (non-hydrogen) atoms. The Kier molecular flexibility index (Phi) is 3.88. The molecule has 0 aromatic rings. The van der Waals surface area contributed by atoms with E-state index in [1.807, 2.05) is 0 Å². The summed E-state index contributed by atoms with van der Waals surface area (Å²) >= 11 is 0. The number of hydrogen-bond donors (Lipinski definition) is 2. The van der Waals surface area contributed by atoms with Crippen LogP contribution in [0.3, 0.4) is 0 Å². The normalized spacial score (nSPS) is 26.9. The van der Waals surface area contributed by atoms with Crippen molar-refractivity contribution < 1.29 is 19.4 Å². The first-order valence-corrected chi connectivity index (χ1v) is 4.68. The Morgan fingerprint density at radius 2 is 2.29 bits per heavy atom. The second-order valence-electron chi connectivity index (χ2n) is 3.49. The van der Waals surface area contributed by atoms with Gasteiger partial charge < -0.3 is 15.2 Å². The number of aliphatic carboxylic acids is 1. The van der Waals surface area contributed by atoms with Crippen molar-refractivity contribution in [1.29, 1.82) is 0 Å². The number of carbonyl (C=O) groups excluding carboxylic acids is 1. The van der Waals surface area contributed by atoms with Gasteiger partial charge in [0.15, 0.2) is 0 Å². The van der Waals surface area contributed by atoms with Gasteiger partial charge in [-0.05, 0) is 12.8 Å². The molecule has 1 aliphatic heterocycles. The van der Waals surface area contributed by atoms with Crippen molar-refractivity contribution >= 4 is 11.9 Å². The predicted octanol–water partition coefficient (Wildman–Crippen LogP) is 0.00230. The average molecular weight is 201 g/mol. The zero-order valence-corrected chi connectivity index (χ0v) is 8.16. The van der Waals surface area contributed by atoms with E-state index in [1.165, 1.54) is 6.92 Å². The van der Waals surface area contributed by atoms with Gasteiger partial charge >= 0.3 is 5.97 Å². The lowest BCUT2D eigenvalue weighted by Gasteiger charge is -2.27. The van der Waals surface area contributed by atoms with Crippen molar-refractivity contribution in [1.82, 2.24) is 5.32 Å². The SMILES string of the molecule is CC(=O)NCC1CC(C(=O)O)CCO1. The van der Waals surface area contributed by atoms with E-state index in [1.54, 1.807) is 0 Å². The fourth-order valence-corrected chi connectivity index (χ4v) is 1.50. The number of carbonyl (C=O) groups is 2. The summed E-state index contributed by atoms with van der Waals surface area (Å²) in [6, 6.07) is 0. The Bertz CT molecular complexity index is 229. The van der Waals surface area contributed by atoms with Crippen LogP contribution in [0.5, 0.6) is 0 Å². The molecule has 2 unspecified atom stereocenters. The Balaban J connectivity index is 2.32. The molecule has 5 nitrogen and oxygen atoms in total. The highest BCUT2D eigenvalue weighted by atomic mass is 16.5. The van der Waals surface area contributed by atoms with Gasteiger partial charge in [-0.1, -0.05) is 0 Å². The molecule has 0 aromatic carbocycles. The van der Waals surface area contributed by atoms with Crippen LogP contribution in [0.25, 0.3) is 0 Å². The largest absolute Gasteiger partial charge is 0.481 e. The smallest absolute Gasteiger partial charge is 0.306 e. The van der Waals surface area contributed by atoms with Crippen molar-refractivity contribution in [2.24, 2.45) is 5.92 Å². The van der Waals surface area contributed by atoms with Crippen molar-refractivity contribution in [3.05, 3.63) is 0 Å². The minimum Gasteiger partial charge on any atom is -0.481 e. The van der Waals surface area contributed by atoms with Crippen molar-refractivity contribution in [2.45, 2.75) is 25.9 Å². The number of rotatable bonds is 3. The maximum Gasteiger partial charge on any atom is 0.306 e. The van der Waals surface area contributed by atoms with Crippen LogP contribution in [0.1, 0.15) is 19.8 Å². The minimum atomic E-state index is -0.777. The van der Waals surface area contributed by atoms with E-state index in [0.29, 0.717) is 26.0 Å². The van der Waals surface area contributed by atoms with E-state index in [0.717, 1.165) is 0 Å². The highest BCUT2D eigenvalue weighted by molar-refractivity contribution is 5.73. The van der Waals surface area contributed by atoms with Gasteiger partial charge in [0, 0.05) is 20.1 Å². The number of hydrogen-bond acceptors (Lipinski definition) is 3. The summed E-state index contributed by atoms with van der Waals surface area (Å²) in [6.45, 7) is 2.29. The van der Waals surface area contributed by atoms with Crippen LogP contribution < -0.4 is 5.32 Å². The van der Waals surface area contributed by atoms with Crippen LogP contribution in [0.2, 0.25) is 0 Å². The molecule has 0 aliphatic carbocycles. The van der Waals surface area contributed by atoms with Gasteiger partial charge in [0.25, 0.3) is 0 Å². The molecule has 0 aromatic heterocycles. The van der Waals surface area contributed by atoms with Crippen LogP contribution in [0, 0.1) is 5.92 Å². The Morgan fingerprint density at radius 3 is 2.86 bits per heavy atom. The highest BCUT2D eigenvalue weighted by Crippen LogP contribution is 2.19. The summed E-state index contributed by atoms with van der Waals surface area (Å²) in [5.74, 6) is -1.23. The van der Waals surface area contributed by atoms with Gasteiger partial charge in [-0.15, -0.1) is 0 Å². The molecule has 1 rings (SSSR count). The summed E-state index contributed by atoms with van der Waals surface area (Å²) in [6.07, 6.45) is 0.885. The highest BCUT2D eigenvalue weighted by Gasteiger charge is 2.27. The van der Waals surface area contributed by atoms with Gasteiger partial charge in [-0.25, -0.2) is 0 Å². The Morgan fingerprint density at radius 1 is 1.57 bits per heavy atom. The van der Waals surface area contributed by atoms with Gasteiger partial charge in [0.1, 0.15) is 0 Å². The lowest BCUT2D eigenvalue weighted by Crippen LogP contribution is -2.38. The standard InChI is InChI=1S/C9H15NO4/c1-6(11)10-5-8-4-7(9(12)13)2-3-14-8/h7-8H,2-5H2,1H3,(H,10,11)(H,12,13). The number of carboxylic acids is 1. The van der Waals surface area contributed by atoms with Crippen LogP contribution in [0.15, 0.2) is 0 Å². The van der Waals surface area contributed by atoms with E-state index in [-0.39, 0.29) is 17.9 Å². The first-order valence-electron chi connectivity index (χ1n) is 4.68. The zero-order chi connectivity index (χ0) is 10.6. The third kappa shape index (κ3) is 3.33. The second-order valence-corrected chi connectivity index (χ2v) is 3.49. The van der Waals surface area contributed by atoms with E-state index in [9.17, 15) is 9.59 Å². The van der Waals surface area contributed by atoms with E-state index in [2.05, 4.69) is 5.32 Å². The van der Waals surface area contributed by atoms with E-state index >= 15 is 0 Å². The number of amides is 1. The fraction of sp³-hybridized carbons (Fsp3) is 0.778. The molecule has 1 fully saturated rings. The lowest BCUT2D eigenvalue weighted by molar-refractivity contribution is -0.146. The van der Waals surface area contributed by atoms with Crippen molar-refractivity contribution in [3.8, 4) is 0 Å². The molecule has 0 radical (unpaired) electrons. The first kappa shape index (κ1) is 11.0. The molecule has 1 heterocycles. The number of ether oxygens (including phenoxy) is 1. The second kappa shape index (κ2) is 4.95. The van der Waals surface area contributed by atoms with E-state index in [4.69, 9.17) is 9.84 Å². The average Bonchev–Trinajstić information content (AvgIpc) is 2.15. The summed E-state index contributed by atoms with van der Waals surface area (Å²) in [7, 11) is 0. The fourth-order valence-electron chi connectivity index (χ4n) is 1.50. The molecule has 80 valence electrons. The molecule has 1 aliphatic rings. The molecular formula is C9H15NO4. The monoisotopic (exact) mass is 201 g/mol. The summed E-state index contributed by atoms with van der Waals surface area (Å²) in [4.78, 5) is 21.3. The van der Waals surface area contributed by atoms with Gasteiger partial charge in [-0.3, -0.25) is 9.59 Å². The number of nitrogens with one attached hydrogen (secondary N) is 1. The maximum atomic E-state index is 10.7. The molecule has 1 saturated heterocycles. The van der Waals surface area contributed by atoms with Crippen molar-refractivity contribution in [2.75, 3.05) is 13.2 Å². The number of carboxylic acid groups (broad SMARTS) is 1. The molecule has 5 heteroatoms. The quantitative estimate of drug-likeness (QED) is 0.674. The van der Waals surface area contributed by atoms with Crippen LogP contribution in [-0.2, 0) is 14.3 Å². The minimum absolute atomic E-state index is 0.119. The molecular weight excluding hydrogens is 186 g/mol. The summed E-state index contributed by atoms with van der Waals surface area (Å²) in [5.41, 5.74) is 0. The molecule has 0 saturated carbocycles. The van der Waals surface area contributed by atoms with Crippen LogP contribution in [-0.4, -0.2) is 36.2 Å². The Labute approximate surface area is 82.4 Å². The van der Waals surface area contributed by atoms with Gasteiger partial charge in [0.2, 0.25) is 5.91 Å².